The van der Waals surface area contributed by atoms with Gasteiger partial charge in [-0.3, -0.25) is 5.43 Å². The second kappa shape index (κ2) is 8.71. The van der Waals surface area contributed by atoms with Gasteiger partial charge >= 0.3 is 0 Å². The van der Waals surface area contributed by atoms with Crippen molar-refractivity contribution in [1.29, 1.82) is 0 Å². The fraction of sp³-hybridized carbons (Fsp3) is 0.0833. The van der Waals surface area contributed by atoms with Gasteiger partial charge in [-0.15, -0.1) is 0 Å². The monoisotopic (exact) mass is 399 g/mol. The molecule has 0 radical (unpaired) electrons. The van der Waals surface area contributed by atoms with Crippen LogP contribution in [0.4, 0.5) is 5.13 Å². The van der Waals surface area contributed by atoms with Crippen molar-refractivity contribution in [3.05, 3.63) is 90.0 Å². The molecule has 0 aliphatic rings. The molecule has 0 bridgehead atoms. The van der Waals surface area contributed by atoms with Crippen molar-refractivity contribution in [2.45, 2.75) is 6.92 Å². The summed E-state index contributed by atoms with van der Waals surface area (Å²) in [6.45, 7) is 2.09. The molecular weight excluding hydrogens is 378 g/mol. The van der Waals surface area contributed by atoms with Crippen LogP contribution >= 0.6 is 11.3 Å². The van der Waals surface area contributed by atoms with E-state index in [-0.39, 0.29) is 0 Å². The summed E-state index contributed by atoms with van der Waals surface area (Å²) in [5, 5.41) is 5.11. The highest BCUT2D eigenvalue weighted by atomic mass is 32.1. The van der Waals surface area contributed by atoms with Crippen LogP contribution in [0.15, 0.2) is 84.0 Å². The van der Waals surface area contributed by atoms with E-state index in [0.29, 0.717) is 0 Å². The number of thiazole rings is 1. The number of anilines is 1. The first kappa shape index (κ1) is 18.9. The summed E-state index contributed by atoms with van der Waals surface area (Å²) in [7, 11) is 1.66. The highest BCUT2D eigenvalue weighted by Gasteiger charge is 2.14. The first-order valence-electron chi connectivity index (χ1n) is 9.29. The molecule has 0 saturated heterocycles. The first-order chi connectivity index (χ1) is 14.2. The van der Waals surface area contributed by atoms with Gasteiger partial charge < -0.3 is 4.74 Å². The van der Waals surface area contributed by atoms with Gasteiger partial charge in [0, 0.05) is 5.56 Å². The van der Waals surface area contributed by atoms with Gasteiger partial charge in [-0.2, -0.15) is 5.10 Å². The Bertz CT molecular complexity index is 1100. The van der Waals surface area contributed by atoms with E-state index in [9.17, 15) is 0 Å². The highest BCUT2D eigenvalue weighted by molar-refractivity contribution is 7.19. The number of ether oxygens (including phenoxy) is 1. The number of aromatic nitrogens is 1. The fourth-order valence-electron chi connectivity index (χ4n) is 2.91. The largest absolute Gasteiger partial charge is 0.497 e. The summed E-state index contributed by atoms with van der Waals surface area (Å²) < 4.78 is 5.18. The molecule has 1 heterocycles. The molecule has 0 saturated carbocycles. The SMILES string of the molecule is COc1ccc(/C=N\Nc2nc(-c3ccc(C)cc3)c(-c3ccccc3)s2)cc1. The van der Waals surface area contributed by atoms with Crippen LogP contribution in [0.2, 0.25) is 0 Å². The van der Waals surface area contributed by atoms with Gasteiger partial charge in [-0.25, -0.2) is 4.98 Å². The molecule has 4 nitrogen and oxygen atoms in total. The predicted molar refractivity (Wildman–Crippen MR) is 122 cm³/mol. The Morgan fingerprint density at radius 1 is 0.897 bits per heavy atom. The van der Waals surface area contributed by atoms with Gasteiger partial charge in [0.2, 0.25) is 5.13 Å². The maximum atomic E-state index is 5.18. The van der Waals surface area contributed by atoms with E-state index >= 15 is 0 Å². The Hall–Kier alpha value is -3.44. The molecule has 0 aliphatic heterocycles. The van der Waals surface area contributed by atoms with Crippen molar-refractivity contribution in [3.63, 3.8) is 0 Å². The zero-order valence-corrected chi connectivity index (χ0v) is 17.1. The van der Waals surface area contributed by atoms with Crippen molar-refractivity contribution in [3.8, 4) is 27.4 Å². The molecule has 1 N–H and O–H groups in total. The van der Waals surface area contributed by atoms with E-state index < -0.39 is 0 Å². The van der Waals surface area contributed by atoms with E-state index in [0.717, 1.165) is 38.1 Å². The van der Waals surface area contributed by atoms with Gasteiger partial charge in [0.1, 0.15) is 5.75 Å². The molecule has 144 valence electrons. The third-order valence-electron chi connectivity index (χ3n) is 4.48. The molecule has 29 heavy (non-hydrogen) atoms. The molecule has 0 fully saturated rings. The van der Waals surface area contributed by atoms with Gasteiger partial charge in [0.05, 0.1) is 23.9 Å². The third-order valence-corrected chi connectivity index (χ3v) is 5.49. The molecule has 5 heteroatoms. The van der Waals surface area contributed by atoms with Crippen LogP contribution in [-0.4, -0.2) is 18.3 Å². The Balaban J connectivity index is 1.62. The summed E-state index contributed by atoms with van der Waals surface area (Å²) in [5.74, 6) is 0.824. The first-order valence-corrected chi connectivity index (χ1v) is 10.1. The number of rotatable bonds is 6. The summed E-state index contributed by atoms with van der Waals surface area (Å²) in [4.78, 5) is 5.94. The molecule has 1 aromatic heterocycles. The van der Waals surface area contributed by atoms with Crippen molar-refractivity contribution in [1.82, 2.24) is 4.98 Å². The Morgan fingerprint density at radius 3 is 2.31 bits per heavy atom. The second-order valence-electron chi connectivity index (χ2n) is 6.57. The Morgan fingerprint density at radius 2 is 1.62 bits per heavy atom. The number of nitrogens with one attached hydrogen (secondary N) is 1. The van der Waals surface area contributed by atoms with Gasteiger partial charge in [-0.1, -0.05) is 71.5 Å². The molecule has 0 aliphatic carbocycles. The average Bonchev–Trinajstić information content (AvgIpc) is 3.19. The summed E-state index contributed by atoms with van der Waals surface area (Å²) in [6.07, 6.45) is 1.77. The predicted octanol–water partition coefficient (Wildman–Crippen LogP) is 6.24. The second-order valence-corrected chi connectivity index (χ2v) is 7.57. The number of aryl methyl sites for hydroxylation is 1. The summed E-state index contributed by atoms with van der Waals surface area (Å²) in [6, 6.07) is 26.5. The number of hydrogen-bond acceptors (Lipinski definition) is 5. The van der Waals surface area contributed by atoms with Gasteiger partial charge in [-0.05, 0) is 42.3 Å². The summed E-state index contributed by atoms with van der Waals surface area (Å²) in [5.41, 5.74) is 8.49. The van der Waals surface area contributed by atoms with Crippen LogP contribution in [0.1, 0.15) is 11.1 Å². The van der Waals surface area contributed by atoms with Gasteiger partial charge in [0.25, 0.3) is 0 Å². The lowest BCUT2D eigenvalue weighted by molar-refractivity contribution is 0.415. The third kappa shape index (κ3) is 4.52. The molecule has 4 aromatic rings. The van der Waals surface area contributed by atoms with E-state index in [4.69, 9.17) is 9.72 Å². The van der Waals surface area contributed by atoms with E-state index in [1.165, 1.54) is 5.56 Å². The van der Waals surface area contributed by atoms with Crippen molar-refractivity contribution in [2.75, 3.05) is 12.5 Å². The minimum atomic E-state index is 0.754. The number of nitrogens with zero attached hydrogens (tertiary/aromatic N) is 2. The zero-order chi connectivity index (χ0) is 20.1. The molecule has 0 amide bonds. The Labute approximate surface area is 174 Å². The van der Waals surface area contributed by atoms with Crippen molar-refractivity contribution >= 4 is 22.7 Å². The lowest BCUT2D eigenvalue weighted by Crippen LogP contribution is -1.90. The van der Waals surface area contributed by atoms with Crippen LogP contribution in [0, 0.1) is 6.92 Å². The molecule has 4 rings (SSSR count). The fourth-order valence-corrected chi connectivity index (χ4v) is 3.85. The summed E-state index contributed by atoms with van der Waals surface area (Å²) >= 11 is 1.60. The quantitative estimate of drug-likeness (QED) is 0.308. The van der Waals surface area contributed by atoms with Crippen molar-refractivity contribution in [2.24, 2.45) is 5.10 Å². The van der Waals surface area contributed by atoms with Crippen LogP contribution < -0.4 is 10.2 Å². The molecule has 0 atom stereocenters. The number of hydrogen-bond donors (Lipinski definition) is 1. The average molecular weight is 400 g/mol. The van der Waals surface area contributed by atoms with Crippen LogP contribution in [0.5, 0.6) is 5.75 Å². The smallest absolute Gasteiger partial charge is 0.204 e. The van der Waals surface area contributed by atoms with Crippen LogP contribution in [0.3, 0.4) is 0 Å². The minimum Gasteiger partial charge on any atom is -0.497 e. The normalized spacial score (nSPS) is 11.0. The van der Waals surface area contributed by atoms with Crippen LogP contribution in [-0.2, 0) is 0 Å². The molecule has 3 aromatic carbocycles. The molecule has 0 unspecified atom stereocenters. The topological polar surface area (TPSA) is 46.5 Å². The van der Waals surface area contributed by atoms with Crippen LogP contribution in [0.25, 0.3) is 21.7 Å². The maximum absolute atomic E-state index is 5.18. The number of hydrazone groups is 1. The van der Waals surface area contributed by atoms with E-state index in [2.05, 4.69) is 53.8 Å². The zero-order valence-electron chi connectivity index (χ0n) is 16.3. The number of methoxy groups -OCH3 is 1. The highest BCUT2D eigenvalue weighted by Crippen LogP contribution is 2.39. The molecular formula is C24H21N3OS. The van der Waals surface area contributed by atoms with Gasteiger partial charge in [0.15, 0.2) is 0 Å². The van der Waals surface area contributed by atoms with E-state index in [1.54, 1.807) is 24.7 Å². The maximum Gasteiger partial charge on any atom is 0.204 e. The van der Waals surface area contributed by atoms with Crippen molar-refractivity contribution < 1.29 is 4.74 Å². The number of benzene rings is 3. The lowest BCUT2D eigenvalue weighted by atomic mass is 10.1. The minimum absolute atomic E-state index is 0.754. The Kier molecular flexibility index (Phi) is 5.68. The lowest BCUT2D eigenvalue weighted by Gasteiger charge is -2.03. The van der Waals surface area contributed by atoms with E-state index in [1.807, 2.05) is 42.5 Å². The molecule has 0 spiro atoms. The standard InChI is InChI=1S/C24H21N3OS/c1-17-8-12-19(13-9-17)22-23(20-6-4-3-5-7-20)29-24(26-22)27-25-16-18-10-14-21(28-2)15-11-18/h3-16H,1-2H3,(H,26,27)/b25-16-.